The molecular weight excluding hydrogens is 198 g/mol. The molecule has 0 spiro atoms. The Morgan fingerprint density at radius 2 is 2.14 bits per heavy atom. The second-order valence-corrected chi connectivity index (χ2v) is 4.47. The Labute approximate surface area is 86.9 Å². The van der Waals surface area contributed by atoms with Crippen molar-refractivity contribution < 1.29 is 0 Å². The van der Waals surface area contributed by atoms with Gasteiger partial charge in [-0.2, -0.15) is 11.8 Å². The molecule has 5 heteroatoms. The molecule has 4 nitrogen and oxygen atoms in total. The van der Waals surface area contributed by atoms with Gasteiger partial charge in [-0.15, -0.1) is 0 Å². The predicted octanol–water partition coefficient (Wildman–Crippen LogP) is 0.333. The largest absolute Gasteiger partial charge is 0.356 e. The monoisotopic (exact) mass is 211 g/mol. The first-order valence-corrected chi connectivity index (χ1v) is 5.79. The quantitative estimate of drug-likeness (QED) is 0.671. The van der Waals surface area contributed by atoms with Crippen LogP contribution in [-0.2, 0) is 7.05 Å². The number of nitrogens with zero attached hydrogens (tertiary/aromatic N) is 3. The first-order chi connectivity index (χ1) is 6.79. The van der Waals surface area contributed by atoms with Crippen LogP contribution in [0.2, 0.25) is 0 Å². The summed E-state index contributed by atoms with van der Waals surface area (Å²) in [5.74, 6) is 3.25. The normalized spacial score (nSPS) is 17.1. The summed E-state index contributed by atoms with van der Waals surface area (Å²) in [7, 11) is 1.77. The lowest BCUT2D eigenvalue weighted by Crippen LogP contribution is -2.36. The topological polar surface area (TPSA) is 38.1 Å². The van der Waals surface area contributed by atoms with E-state index >= 15 is 0 Å². The van der Waals surface area contributed by atoms with Crippen LogP contribution in [-0.4, -0.2) is 34.1 Å². The molecule has 1 aromatic rings. The Morgan fingerprint density at radius 3 is 2.86 bits per heavy atom. The Hall–Kier alpha value is -0.970. The van der Waals surface area contributed by atoms with Crippen LogP contribution in [0.15, 0.2) is 17.1 Å². The Balaban J connectivity index is 2.30. The molecule has 76 valence electrons. The summed E-state index contributed by atoms with van der Waals surface area (Å²) in [4.78, 5) is 17.2. The Bertz CT molecular complexity index is 371. The van der Waals surface area contributed by atoms with Gasteiger partial charge in [-0.25, -0.2) is 9.78 Å². The van der Waals surface area contributed by atoms with Crippen LogP contribution in [0.5, 0.6) is 0 Å². The van der Waals surface area contributed by atoms with Gasteiger partial charge in [0.05, 0.1) is 0 Å². The van der Waals surface area contributed by atoms with E-state index < -0.39 is 0 Å². The van der Waals surface area contributed by atoms with E-state index in [1.165, 1.54) is 0 Å². The maximum absolute atomic E-state index is 11.3. The number of thioether (sulfide) groups is 1. The van der Waals surface area contributed by atoms with Crippen molar-refractivity contribution in [3.05, 3.63) is 22.7 Å². The number of anilines is 1. The van der Waals surface area contributed by atoms with Crippen LogP contribution in [0.4, 0.5) is 5.82 Å². The van der Waals surface area contributed by atoms with Crippen LogP contribution in [0.25, 0.3) is 0 Å². The van der Waals surface area contributed by atoms with Gasteiger partial charge in [0, 0.05) is 37.8 Å². The molecule has 0 aliphatic carbocycles. The van der Waals surface area contributed by atoms with Crippen LogP contribution < -0.4 is 10.6 Å². The molecule has 0 atom stereocenters. The van der Waals surface area contributed by atoms with E-state index in [2.05, 4.69) is 9.88 Å². The maximum Gasteiger partial charge on any atom is 0.348 e. The summed E-state index contributed by atoms with van der Waals surface area (Å²) >= 11 is 1.96. The fourth-order valence-electron chi connectivity index (χ4n) is 1.57. The first kappa shape index (κ1) is 9.58. The predicted molar refractivity (Wildman–Crippen MR) is 59.0 cm³/mol. The van der Waals surface area contributed by atoms with Crippen LogP contribution in [0.1, 0.15) is 0 Å². The van der Waals surface area contributed by atoms with Crippen molar-refractivity contribution in [2.45, 2.75) is 0 Å². The molecule has 0 unspecified atom stereocenters. The molecule has 1 aromatic heterocycles. The van der Waals surface area contributed by atoms with Crippen molar-refractivity contribution in [2.24, 2.45) is 7.05 Å². The molecule has 2 rings (SSSR count). The third kappa shape index (κ3) is 1.77. The highest BCUT2D eigenvalue weighted by Crippen LogP contribution is 2.16. The molecule has 0 saturated carbocycles. The van der Waals surface area contributed by atoms with E-state index in [4.69, 9.17) is 0 Å². The van der Waals surface area contributed by atoms with Crippen molar-refractivity contribution >= 4 is 17.6 Å². The highest BCUT2D eigenvalue weighted by atomic mass is 32.2. The van der Waals surface area contributed by atoms with E-state index in [-0.39, 0.29) is 5.69 Å². The summed E-state index contributed by atoms with van der Waals surface area (Å²) in [6.45, 7) is 2.03. The summed E-state index contributed by atoms with van der Waals surface area (Å²) in [5.41, 5.74) is -0.180. The van der Waals surface area contributed by atoms with Crippen LogP contribution in [0.3, 0.4) is 0 Å². The summed E-state index contributed by atoms with van der Waals surface area (Å²) in [6, 6.07) is 1.90. The second kappa shape index (κ2) is 4.04. The summed E-state index contributed by atoms with van der Waals surface area (Å²) < 4.78 is 1.61. The molecule has 1 aliphatic heterocycles. The van der Waals surface area contributed by atoms with E-state index in [1.807, 2.05) is 17.8 Å². The SMILES string of the molecule is Cn1c(N2CCSCC2)ccnc1=O. The average Bonchev–Trinajstić information content (AvgIpc) is 2.23. The van der Waals surface area contributed by atoms with Gasteiger partial charge in [0.15, 0.2) is 0 Å². The summed E-state index contributed by atoms with van der Waals surface area (Å²) in [5, 5.41) is 0. The van der Waals surface area contributed by atoms with Gasteiger partial charge in [-0.1, -0.05) is 0 Å². The highest BCUT2D eigenvalue weighted by Gasteiger charge is 2.13. The maximum atomic E-state index is 11.3. The third-order valence-corrected chi connectivity index (χ3v) is 3.32. The van der Waals surface area contributed by atoms with Crippen molar-refractivity contribution in [3.63, 3.8) is 0 Å². The average molecular weight is 211 g/mol. The van der Waals surface area contributed by atoms with Crippen molar-refractivity contribution in [1.29, 1.82) is 0 Å². The fraction of sp³-hybridized carbons (Fsp3) is 0.556. The minimum Gasteiger partial charge on any atom is -0.356 e. The van der Waals surface area contributed by atoms with Gasteiger partial charge < -0.3 is 4.90 Å². The zero-order valence-corrected chi connectivity index (χ0v) is 8.96. The van der Waals surface area contributed by atoms with Gasteiger partial charge in [0.1, 0.15) is 5.82 Å². The molecule has 1 saturated heterocycles. The minimum atomic E-state index is -0.180. The van der Waals surface area contributed by atoms with Crippen molar-refractivity contribution in [3.8, 4) is 0 Å². The van der Waals surface area contributed by atoms with E-state index in [9.17, 15) is 4.79 Å². The van der Waals surface area contributed by atoms with Crippen molar-refractivity contribution in [1.82, 2.24) is 9.55 Å². The molecule has 2 heterocycles. The minimum absolute atomic E-state index is 0.180. The van der Waals surface area contributed by atoms with E-state index in [0.29, 0.717) is 0 Å². The lowest BCUT2D eigenvalue weighted by molar-refractivity contribution is 0.740. The van der Waals surface area contributed by atoms with Gasteiger partial charge in [0.25, 0.3) is 0 Å². The zero-order valence-electron chi connectivity index (χ0n) is 8.14. The smallest absolute Gasteiger partial charge is 0.348 e. The van der Waals surface area contributed by atoms with E-state index in [0.717, 1.165) is 30.4 Å². The first-order valence-electron chi connectivity index (χ1n) is 4.64. The molecule has 0 N–H and O–H groups in total. The number of hydrogen-bond acceptors (Lipinski definition) is 4. The van der Waals surface area contributed by atoms with Gasteiger partial charge in [-0.05, 0) is 6.07 Å². The lowest BCUT2D eigenvalue weighted by atomic mass is 10.4. The van der Waals surface area contributed by atoms with Crippen LogP contribution in [0, 0.1) is 0 Å². The van der Waals surface area contributed by atoms with E-state index in [1.54, 1.807) is 17.8 Å². The standard InChI is InChI=1S/C9H13N3OS/c1-11-8(2-3-10-9(11)13)12-4-6-14-7-5-12/h2-3H,4-7H2,1H3. The summed E-state index contributed by atoms with van der Waals surface area (Å²) in [6.07, 6.45) is 1.58. The molecule has 0 bridgehead atoms. The van der Waals surface area contributed by atoms with Gasteiger partial charge in [-0.3, -0.25) is 4.57 Å². The molecule has 1 aliphatic rings. The van der Waals surface area contributed by atoms with Crippen LogP contribution >= 0.6 is 11.8 Å². The number of aromatic nitrogens is 2. The Morgan fingerprint density at radius 1 is 1.43 bits per heavy atom. The zero-order chi connectivity index (χ0) is 9.97. The second-order valence-electron chi connectivity index (χ2n) is 3.24. The molecule has 0 radical (unpaired) electrons. The third-order valence-electron chi connectivity index (χ3n) is 2.37. The lowest BCUT2D eigenvalue weighted by Gasteiger charge is -2.29. The van der Waals surface area contributed by atoms with Crippen molar-refractivity contribution in [2.75, 3.05) is 29.5 Å². The van der Waals surface area contributed by atoms with Gasteiger partial charge in [0.2, 0.25) is 0 Å². The molecule has 0 amide bonds. The molecule has 1 fully saturated rings. The highest BCUT2D eigenvalue weighted by molar-refractivity contribution is 7.99. The van der Waals surface area contributed by atoms with Gasteiger partial charge >= 0.3 is 5.69 Å². The number of hydrogen-bond donors (Lipinski definition) is 0. The number of rotatable bonds is 1. The molecule has 0 aromatic carbocycles. The fourth-order valence-corrected chi connectivity index (χ4v) is 2.48. The molecular formula is C9H13N3OS. The molecule has 14 heavy (non-hydrogen) atoms. The Kier molecular flexibility index (Phi) is 2.77.